The molecule has 11 nitrogen and oxygen atoms in total. The molecule has 0 aliphatic carbocycles. The largest absolute Gasteiger partial charge is 0.394 e. The fraction of sp³-hybridized carbons (Fsp3) is 0.917. The summed E-state index contributed by atoms with van der Waals surface area (Å²) in [4.78, 5) is 10.3. The lowest BCUT2D eigenvalue weighted by Crippen LogP contribution is -2.59. The van der Waals surface area contributed by atoms with Crippen molar-refractivity contribution in [1.29, 1.82) is 0 Å². The van der Waals surface area contributed by atoms with Crippen molar-refractivity contribution in [2.45, 2.75) is 55.1 Å². The van der Waals surface area contributed by atoms with Crippen LogP contribution in [0.25, 0.3) is 0 Å². The molecule has 0 unspecified atom stereocenters. The molecular weight excluding hydrogens is 320 g/mol. The molecule has 1 heterocycles. The number of aldehydes is 1. The lowest BCUT2D eigenvalue weighted by atomic mass is 9.99. The molecule has 11 heteroatoms. The fourth-order valence-corrected chi connectivity index (χ4v) is 2.01. The van der Waals surface area contributed by atoms with Crippen LogP contribution in [0.15, 0.2) is 0 Å². The Morgan fingerprint density at radius 1 is 1.00 bits per heavy atom. The standard InChI is InChI=1S/C12H22O11/c13-1-4(15)7(17)8(18)5(16)3-22-12-11(21)10(20)9(19)6(2-14)23-12/h1,4-12,14-21H,2-3H2/t4-,5+,6+,7+,8+,9+,10-,11+,12-/m1/s1. The zero-order valence-electron chi connectivity index (χ0n) is 12.0. The number of carbonyl (C=O) groups is 1. The van der Waals surface area contributed by atoms with Crippen LogP contribution in [0.1, 0.15) is 0 Å². The number of carbonyl (C=O) groups excluding carboxylic acids is 1. The highest BCUT2D eigenvalue weighted by molar-refractivity contribution is 5.56. The average Bonchev–Trinajstić information content (AvgIpc) is 2.56. The van der Waals surface area contributed by atoms with Gasteiger partial charge in [-0.15, -0.1) is 0 Å². The molecule has 9 atom stereocenters. The monoisotopic (exact) mass is 342 g/mol. The molecule has 23 heavy (non-hydrogen) atoms. The molecule has 1 saturated heterocycles. The highest BCUT2D eigenvalue weighted by Crippen LogP contribution is 2.22. The highest BCUT2D eigenvalue weighted by Gasteiger charge is 2.44. The number of aliphatic hydroxyl groups is 8. The molecule has 0 aromatic rings. The van der Waals surface area contributed by atoms with Gasteiger partial charge >= 0.3 is 0 Å². The summed E-state index contributed by atoms with van der Waals surface area (Å²) in [5, 5.41) is 75.4. The van der Waals surface area contributed by atoms with Crippen LogP contribution in [-0.4, -0.2) is 115 Å². The van der Waals surface area contributed by atoms with Gasteiger partial charge in [-0.05, 0) is 0 Å². The first kappa shape index (κ1) is 20.3. The maximum absolute atomic E-state index is 10.3. The Morgan fingerprint density at radius 3 is 2.13 bits per heavy atom. The zero-order valence-corrected chi connectivity index (χ0v) is 12.0. The third-order valence-corrected chi connectivity index (χ3v) is 3.51. The van der Waals surface area contributed by atoms with Gasteiger partial charge < -0.3 is 55.1 Å². The lowest BCUT2D eigenvalue weighted by molar-refractivity contribution is -0.306. The Balaban J connectivity index is 2.57. The molecule has 1 aliphatic heterocycles. The molecule has 0 spiro atoms. The first-order valence-corrected chi connectivity index (χ1v) is 6.84. The normalized spacial score (nSPS) is 37.0. The van der Waals surface area contributed by atoms with E-state index in [1.165, 1.54) is 0 Å². The lowest BCUT2D eigenvalue weighted by Gasteiger charge is -2.40. The minimum Gasteiger partial charge on any atom is -0.394 e. The van der Waals surface area contributed by atoms with E-state index in [9.17, 15) is 35.4 Å². The summed E-state index contributed by atoms with van der Waals surface area (Å²) in [7, 11) is 0. The Bertz CT molecular complexity index is 365. The van der Waals surface area contributed by atoms with Crippen molar-refractivity contribution in [2.75, 3.05) is 13.2 Å². The molecule has 0 bridgehead atoms. The van der Waals surface area contributed by atoms with E-state index in [1.54, 1.807) is 0 Å². The third-order valence-electron chi connectivity index (χ3n) is 3.51. The Labute approximate surface area is 130 Å². The van der Waals surface area contributed by atoms with Crippen LogP contribution in [0.2, 0.25) is 0 Å². The van der Waals surface area contributed by atoms with Crippen molar-refractivity contribution in [2.24, 2.45) is 0 Å². The molecule has 0 saturated carbocycles. The highest BCUT2D eigenvalue weighted by atomic mass is 16.7. The Morgan fingerprint density at radius 2 is 1.61 bits per heavy atom. The van der Waals surface area contributed by atoms with E-state index < -0.39 is 68.3 Å². The number of ether oxygens (including phenoxy) is 2. The minimum atomic E-state index is -1.96. The Hall–Kier alpha value is -0.730. The first-order chi connectivity index (χ1) is 10.7. The van der Waals surface area contributed by atoms with E-state index >= 15 is 0 Å². The second-order valence-electron chi connectivity index (χ2n) is 5.21. The van der Waals surface area contributed by atoms with Crippen LogP contribution in [0.3, 0.4) is 0 Å². The number of rotatable bonds is 8. The van der Waals surface area contributed by atoms with Crippen LogP contribution < -0.4 is 0 Å². The zero-order chi connectivity index (χ0) is 17.7. The number of hydrogen-bond donors (Lipinski definition) is 8. The molecule has 0 radical (unpaired) electrons. The van der Waals surface area contributed by atoms with Crippen LogP contribution in [0.4, 0.5) is 0 Å². The van der Waals surface area contributed by atoms with E-state index in [0.29, 0.717) is 0 Å². The van der Waals surface area contributed by atoms with Crippen molar-refractivity contribution >= 4 is 6.29 Å². The van der Waals surface area contributed by atoms with Gasteiger partial charge in [0.25, 0.3) is 0 Å². The summed E-state index contributed by atoms with van der Waals surface area (Å²) in [6, 6.07) is 0. The predicted molar refractivity (Wildman–Crippen MR) is 69.8 cm³/mol. The number of hydrogen-bond acceptors (Lipinski definition) is 11. The SMILES string of the molecule is O=C[C@@H](O)[C@H](O)[C@@H](O)[C@@H](O)CO[C@@H]1O[C@@H](CO)[C@H](O)[C@@H](O)[C@@H]1O. The van der Waals surface area contributed by atoms with Crippen molar-refractivity contribution in [3.05, 3.63) is 0 Å². The minimum absolute atomic E-state index is 0.0287. The molecule has 1 fully saturated rings. The Kier molecular flexibility index (Phi) is 7.89. The molecule has 8 N–H and O–H groups in total. The van der Waals surface area contributed by atoms with Gasteiger partial charge in [0, 0.05) is 0 Å². The summed E-state index contributed by atoms with van der Waals surface area (Å²) in [6.45, 7) is -1.37. The maximum atomic E-state index is 10.3. The molecule has 1 aliphatic rings. The van der Waals surface area contributed by atoms with Crippen LogP contribution in [0.5, 0.6) is 0 Å². The van der Waals surface area contributed by atoms with Gasteiger partial charge in [0.05, 0.1) is 13.2 Å². The van der Waals surface area contributed by atoms with E-state index in [0.717, 1.165) is 0 Å². The van der Waals surface area contributed by atoms with Gasteiger partial charge in [0.2, 0.25) is 0 Å². The van der Waals surface area contributed by atoms with Crippen LogP contribution >= 0.6 is 0 Å². The van der Waals surface area contributed by atoms with E-state index in [2.05, 4.69) is 0 Å². The topological polar surface area (TPSA) is 197 Å². The predicted octanol–water partition coefficient (Wildman–Crippen LogP) is -5.55. The van der Waals surface area contributed by atoms with E-state index in [-0.39, 0.29) is 6.29 Å². The molecule has 0 aromatic carbocycles. The molecule has 0 aromatic heterocycles. The van der Waals surface area contributed by atoms with Crippen molar-refractivity contribution in [3.63, 3.8) is 0 Å². The second kappa shape index (κ2) is 8.94. The van der Waals surface area contributed by atoms with Crippen molar-refractivity contribution in [3.8, 4) is 0 Å². The van der Waals surface area contributed by atoms with Gasteiger partial charge in [-0.3, -0.25) is 0 Å². The van der Waals surface area contributed by atoms with Gasteiger partial charge in [-0.1, -0.05) is 0 Å². The first-order valence-electron chi connectivity index (χ1n) is 6.84. The van der Waals surface area contributed by atoms with E-state index in [1.807, 2.05) is 0 Å². The van der Waals surface area contributed by atoms with Crippen LogP contribution in [-0.2, 0) is 14.3 Å². The summed E-state index contributed by atoms with van der Waals surface area (Å²) in [6.07, 6.45) is -15.3. The van der Waals surface area contributed by atoms with Gasteiger partial charge in [-0.2, -0.15) is 0 Å². The van der Waals surface area contributed by atoms with Crippen molar-refractivity contribution < 1.29 is 55.1 Å². The van der Waals surface area contributed by atoms with Gasteiger partial charge in [-0.25, -0.2) is 0 Å². The van der Waals surface area contributed by atoms with Crippen molar-refractivity contribution in [1.82, 2.24) is 0 Å². The fourth-order valence-electron chi connectivity index (χ4n) is 2.01. The summed E-state index contributed by atoms with van der Waals surface area (Å²) in [5.74, 6) is 0. The third kappa shape index (κ3) is 4.87. The maximum Gasteiger partial charge on any atom is 0.186 e. The van der Waals surface area contributed by atoms with Gasteiger partial charge in [0.1, 0.15) is 48.8 Å². The van der Waals surface area contributed by atoms with E-state index in [4.69, 9.17) is 19.7 Å². The number of aliphatic hydroxyl groups excluding tert-OH is 8. The quantitative estimate of drug-likeness (QED) is 0.196. The summed E-state index contributed by atoms with van der Waals surface area (Å²) < 4.78 is 9.94. The molecule has 0 amide bonds. The summed E-state index contributed by atoms with van der Waals surface area (Å²) in [5.41, 5.74) is 0. The average molecular weight is 342 g/mol. The van der Waals surface area contributed by atoms with Gasteiger partial charge in [0.15, 0.2) is 12.6 Å². The molecule has 136 valence electrons. The second-order valence-corrected chi connectivity index (χ2v) is 5.21. The summed E-state index contributed by atoms with van der Waals surface area (Å²) >= 11 is 0. The molecular formula is C12H22O11. The molecule has 1 rings (SSSR count). The van der Waals surface area contributed by atoms with Crippen LogP contribution in [0, 0.1) is 0 Å². The smallest absolute Gasteiger partial charge is 0.186 e.